The molecule has 2 N–H and O–H groups in total. The Balaban J connectivity index is 1.40. The molecule has 5 heteroatoms. The van der Waals surface area contributed by atoms with Crippen molar-refractivity contribution >= 4 is 5.96 Å². The van der Waals surface area contributed by atoms with Crippen LogP contribution < -0.4 is 10.6 Å². The van der Waals surface area contributed by atoms with E-state index in [4.69, 9.17) is 4.74 Å². The van der Waals surface area contributed by atoms with Crippen molar-refractivity contribution in [3.05, 3.63) is 71.8 Å². The number of guanidine groups is 1. The van der Waals surface area contributed by atoms with Crippen LogP contribution in [-0.4, -0.2) is 63.8 Å². The van der Waals surface area contributed by atoms with Crippen LogP contribution in [0, 0.1) is 0 Å². The Morgan fingerprint density at radius 1 is 0.900 bits per heavy atom. The summed E-state index contributed by atoms with van der Waals surface area (Å²) < 4.78 is 5.41. The first-order chi connectivity index (χ1) is 14.9. The Labute approximate surface area is 181 Å². The van der Waals surface area contributed by atoms with Gasteiger partial charge in [-0.1, -0.05) is 60.7 Å². The van der Waals surface area contributed by atoms with Gasteiger partial charge in [-0.05, 0) is 36.9 Å². The van der Waals surface area contributed by atoms with E-state index in [9.17, 15) is 0 Å². The van der Waals surface area contributed by atoms with Gasteiger partial charge in [0.2, 0.25) is 0 Å². The number of hydrogen-bond donors (Lipinski definition) is 2. The largest absolute Gasteiger partial charge is 0.379 e. The van der Waals surface area contributed by atoms with Crippen molar-refractivity contribution in [2.24, 2.45) is 4.99 Å². The summed E-state index contributed by atoms with van der Waals surface area (Å²) in [6.45, 7) is 6.88. The number of nitrogens with one attached hydrogen (secondary N) is 2. The summed E-state index contributed by atoms with van der Waals surface area (Å²) >= 11 is 0. The van der Waals surface area contributed by atoms with E-state index >= 15 is 0 Å². The number of hydrogen-bond acceptors (Lipinski definition) is 3. The zero-order valence-corrected chi connectivity index (χ0v) is 18.2. The van der Waals surface area contributed by atoms with E-state index < -0.39 is 0 Å². The van der Waals surface area contributed by atoms with E-state index in [2.05, 4.69) is 81.2 Å². The van der Waals surface area contributed by atoms with Gasteiger partial charge in [0.15, 0.2) is 5.96 Å². The lowest BCUT2D eigenvalue weighted by Gasteiger charge is -2.26. The highest BCUT2D eigenvalue weighted by atomic mass is 16.5. The lowest BCUT2D eigenvalue weighted by Crippen LogP contribution is -2.39. The molecule has 2 aromatic carbocycles. The Morgan fingerprint density at radius 2 is 1.50 bits per heavy atom. The number of nitrogens with zero attached hydrogens (tertiary/aromatic N) is 2. The molecular formula is C25H36N4O. The summed E-state index contributed by atoms with van der Waals surface area (Å²) in [6, 6.07) is 21.5. The average Bonchev–Trinajstić information content (AvgIpc) is 2.82. The predicted octanol–water partition coefficient (Wildman–Crippen LogP) is 3.49. The molecule has 162 valence electrons. The van der Waals surface area contributed by atoms with E-state index in [1.807, 2.05) is 7.05 Å². The molecule has 5 nitrogen and oxygen atoms in total. The Hall–Kier alpha value is -2.37. The van der Waals surface area contributed by atoms with Crippen LogP contribution in [0.1, 0.15) is 36.3 Å². The summed E-state index contributed by atoms with van der Waals surface area (Å²) in [5, 5.41) is 6.95. The van der Waals surface area contributed by atoms with Crippen LogP contribution in [0.5, 0.6) is 0 Å². The van der Waals surface area contributed by atoms with Crippen LogP contribution in [0.3, 0.4) is 0 Å². The van der Waals surface area contributed by atoms with E-state index in [-0.39, 0.29) is 0 Å². The molecule has 0 aromatic heterocycles. The maximum Gasteiger partial charge on any atom is 0.190 e. The van der Waals surface area contributed by atoms with E-state index in [0.717, 1.165) is 64.7 Å². The third-order valence-electron chi connectivity index (χ3n) is 5.65. The second-order valence-electron chi connectivity index (χ2n) is 7.75. The molecule has 0 atom stereocenters. The summed E-state index contributed by atoms with van der Waals surface area (Å²) in [5.74, 6) is 1.27. The van der Waals surface area contributed by atoms with E-state index in [1.165, 1.54) is 17.5 Å². The van der Waals surface area contributed by atoms with Gasteiger partial charge in [-0.15, -0.1) is 0 Å². The predicted molar refractivity (Wildman–Crippen MR) is 125 cm³/mol. The summed E-state index contributed by atoms with van der Waals surface area (Å²) in [5.41, 5.74) is 2.72. The minimum Gasteiger partial charge on any atom is -0.379 e. The van der Waals surface area contributed by atoms with Gasteiger partial charge < -0.3 is 15.4 Å². The number of aliphatic imine (C=N–C) groups is 1. The molecule has 0 saturated carbocycles. The van der Waals surface area contributed by atoms with Crippen LogP contribution in [0.25, 0.3) is 0 Å². The Bertz CT molecular complexity index is 690. The molecule has 0 unspecified atom stereocenters. The van der Waals surface area contributed by atoms with Crippen LogP contribution in [0.15, 0.2) is 65.7 Å². The van der Waals surface area contributed by atoms with Crippen LogP contribution in [-0.2, 0) is 4.74 Å². The molecule has 1 saturated heterocycles. The van der Waals surface area contributed by atoms with Crippen molar-refractivity contribution in [2.75, 3.05) is 53.0 Å². The van der Waals surface area contributed by atoms with Gasteiger partial charge in [-0.2, -0.15) is 0 Å². The van der Waals surface area contributed by atoms with E-state index in [1.54, 1.807) is 0 Å². The number of benzene rings is 2. The van der Waals surface area contributed by atoms with Gasteiger partial charge in [0, 0.05) is 39.1 Å². The Kier molecular flexibility index (Phi) is 9.70. The van der Waals surface area contributed by atoms with Crippen molar-refractivity contribution in [3.63, 3.8) is 0 Å². The van der Waals surface area contributed by atoms with Gasteiger partial charge in [0.1, 0.15) is 0 Å². The first kappa shape index (κ1) is 22.3. The van der Waals surface area contributed by atoms with Gasteiger partial charge in [-0.25, -0.2) is 0 Å². The zero-order valence-electron chi connectivity index (χ0n) is 18.2. The molecule has 1 heterocycles. The SMILES string of the molecule is CN=C(NCCCCN1CCOCC1)NCCC(c1ccccc1)c1ccccc1. The first-order valence-corrected chi connectivity index (χ1v) is 11.2. The van der Waals surface area contributed by atoms with Crippen LogP contribution in [0.2, 0.25) is 0 Å². The van der Waals surface area contributed by atoms with Crippen molar-refractivity contribution in [3.8, 4) is 0 Å². The third kappa shape index (κ3) is 7.47. The smallest absolute Gasteiger partial charge is 0.190 e. The molecule has 0 bridgehead atoms. The molecule has 1 aliphatic rings. The Morgan fingerprint density at radius 3 is 2.10 bits per heavy atom. The summed E-state index contributed by atoms with van der Waals surface area (Å²) in [4.78, 5) is 6.88. The summed E-state index contributed by atoms with van der Waals surface area (Å²) in [7, 11) is 1.84. The standard InChI is InChI=1S/C25H36N4O/c1-26-25(27-15-8-9-17-29-18-20-30-21-19-29)28-16-14-24(22-10-4-2-5-11-22)23-12-6-3-7-13-23/h2-7,10-13,24H,8-9,14-21H2,1H3,(H2,26,27,28). The average molecular weight is 409 g/mol. The first-order valence-electron chi connectivity index (χ1n) is 11.2. The van der Waals surface area contributed by atoms with Gasteiger partial charge in [0.05, 0.1) is 13.2 Å². The number of ether oxygens (including phenoxy) is 1. The fourth-order valence-electron chi connectivity index (χ4n) is 3.94. The highest BCUT2D eigenvalue weighted by Gasteiger charge is 2.14. The lowest BCUT2D eigenvalue weighted by atomic mass is 9.88. The zero-order chi connectivity index (χ0) is 20.9. The van der Waals surface area contributed by atoms with Crippen LogP contribution >= 0.6 is 0 Å². The molecule has 2 aromatic rings. The van der Waals surface area contributed by atoms with Gasteiger partial charge >= 0.3 is 0 Å². The molecule has 3 rings (SSSR count). The van der Waals surface area contributed by atoms with Gasteiger partial charge in [-0.3, -0.25) is 9.89 Å². The number of rotatable bonds is 10. The molecule has 0 amide bonds. The molecule has 0 spiro atoms. The molecule has 30 heavy (non-hydrogen) atoms. The monoisotopic (exact) mass is 408 g/mol. The summed E-state index contributed by atoms with van der Waals surface area (Å²) in [6.07, 6.45) is 3.37. The second-order valence-corrected chi connectivity index (χ2v) is 7.75. The lowest BCUT2D eigenvalue weighted by molar-refractivity contribution is 0.0372. The number of unbranched alkanes of at least 4 members (excludes halogenated alkanes) is 1. The van der Waals surface area contributed by atoms with Crippen molar-refractivity contribution in [1.82, 2.24) is 15.5 Å². The van der Waals surface area contributed by atoms with Crippen molar-refractivity contribution < 1.29 is 4.74 Å². The van der Waals surface area contributed by atoms with Crippen molar-refractivity contribution in [1.29, 1.82) is 0 Å². The molecule has 0 aliphatic carbocycles. The quantitative estimate of drug-likeness (QED) is 0.359. The van der Waals surface area contributed by atoms with Gasteiger partial charge in [0.25, 0.3) is 0 Å². The highest BCUT2D eigenvalue weighted by Crippen LogP contribution is 2.27. The maximum atomic E-state index is 5.41. The van der Waals surface area contributed by atoms with Crippen molar-refractivity contribution in [2.45, 2.75) is 25.2 Å². The van der Waals surface area contributed by atoms with E-state index in [0.29, 0.717) is 5.92 Å². The molecule has 1 aliphatic heterocycles. The highest BCUT2D eigenvalue weighted by molar-refractivity contribution is 5.79. The minimum absolute atomic E-state index is 0.381. The van der Waals surface area contributed by atoms with Crippen LogP contribution in [0.4, 0.5) is 0 Å². The number of morpholine rings is 1. The fraction of sp³-hybridized carbons (Fsp3) is 0.480. The second kappa shape index (κ2) is 13.0. The third-order valence-corrected chi connectivity index (χ3v) is 5.65. The molecule has 0 radical (unpaired) electrons. The molecular weight excluding hydrogens is 372 g/mol. The molecule has 1 fully saturated rings. The minimum atomic E-state index is 0.381. The fourth-order valence-corrected chi connectivity index (χ4v) is 3.94. The maximum absolute atomic E-state index is 5.41. The topological polar surface area (TPSA) is 48.9 Å². The normalized spacial score (nSPS) is 15.3.